The second-order valence-electron chi connectivity index (χ2n) is 4.29. The molecule has 2 rings (SSSR count). The number of likely N-dealkylation sites (N-methyl/N-ethyl adjacent to an activating group) is 1. The molecule has 1 heterocycles. The van der Waals surface area contributed by atoms with E-state index in [1.165, 1.54) is 24.1 Å². The lowest BCUT2D eigenvalue weighted by Gasteiger charge is -2.20. The van der Waals surface area contributed by atoms with Crippen LogP contribution in [0.4, 0.5) is 5.69 Å². The van der Waals surface area contributed by atoms with Gasteiger partial charge in [0.25, 0.3) is 5.91 Å². The van der Waals surface area contributed by atoms with Crippen molar-refractivity contribution in [1.29, 1.82) is 0 Å². The van der Waals surface area contributed by atoms with Crippen molar-refractivity contribution in [2.45, 2.75) is 0 Å². The van der Waals surface area contributed by atoms with Gasteiger partial charge in [-0.15, -0.1) is 0 Å². The highest BCUT2D eigenvalue weighted by atomic mass is 16.5. The number of carbonyl (C=O) groups is 1. The van der Waals surface area contributed by atoms with Gasteiger partial charge in [0, 0.05) is 25.0 Å². The highest BCUT2D eigenvalue weighted by Gasteiger charge is 2.20. The zero-order valence-corrected chi connectivity index (χ0v) is 11.4. The third kappa shape index (κ3) is 2.51. The standard InChI is InChI=1S/C15H16N2O3/c1-10-6-4-5-7-16-12-9-13(18)14(20-3)8-11(12)15(19)17(10)2/h4-9,16,18H,1H2,2-3H3/b6-4-,7-5-. The van der Waals surface area contributed by atoms with Gasteiger partial charge in [-0.05, 0) is 18.2 Å². The van der Waals surface area contributed by atoms with Crippen LogP contribution in [0.1, 0.15) is 10.4 Å². The Morgan fingerprint density at radius 3 is 2.80 bits per heavy atom. The summed E-state index contributed by atoms with van der Waals surface area (Å²) in [7, 11) is 3.08. The quantitative estimate of drug-likeness (QED) is 0.824. The van der Waals surface area contributed by atoms with Crippen LogP contribution >= 0.6 is 0 Å². The molecule has 0 spiro atoms. The third-order valence-electron chi connectivity index (χ3n) is 3.02. The number of amides is 1. The van der Waals surface area contributed by atoms with E-state index in [0.717, 1.165) is 0 Å². The van der Waals surface area contributed by atoms with Crippen LogP contribution in [0, 0.1) is 0 Å². The summed E-state index contributed by atoms with van der Waals surface area (Å²) in [5, 5.41) is 12.8. The number of anilines is 1. The molecule has 104 valence electrons. The summed E-state index contributed by atoms with van der Waals surface area (Å²) in [4.78, 5) is 13.9. The summed E-state index contributed by atoms with van der Waals surface area (Å²) in [6, 6.07) is 2.96. The normalized spacial score (nSPS) is 18.0. The van der Waals surface area contributed by atoms with Crippen molar-refractivity contribution in [2.24, 2.45) is 0 Å². The van der Waals surface area contributed by atoms with Crippen molar-refractivity contribution in [2.75, 3.05) is 19.5 Å². The Balaban J connectivity index is 2.58. The number of phenols is 1. The first kappa shape index (κ1) is 13.7. The summed E-state index contributed by atoms with van der Waals surface area (Å²) in [5.74, 6) is -0.0284. The Morgan fingerprint density at radius 1 is 1.35 bits per heavy atom. The van der Waals surface area contributed by atoms with E-state index in [2.05, 4.69) is 11.9 Å². The number of carbonyl (C=O) groups excluding carboxylic acids is 1. The average molecular weight is 272 g/mol. The lowest BCUT2D eigenvalue weighted by Crippen LogP contribution is -2.25. The van der Waals surface area contributed by atoms with Crippen LogP contribution in [-0.4, -0.2) is 30.1 Å². The van der Waals surface area contributed by atoms with Crippen LogP contribution in [0.3, 0.4) is 0 Å². The maximum Gasteiger partial charge on any atom is 0.260 e. The molecule has 0 aliphatic carbocycles. The zero-order chi connectivity index (χ0) is 14.7. The second-order valence-corrected chi connectivity index (χ2v) is 4.29. The Bertz CT molecular complexity index is 618. The largest absolute Gasteiger partial charge is 0.504 e. The van der Waals surface area contributed by atoms with E-state index in [1.807, 2.05) is 0 Å². The summed E-state index contributed by atoms with van der Waals surface area (Å²) in [6.07, 6.45) is 6.96. The van der Waals surface area contributed by atoms with Crippen molar-refractivity contribution in [3.8, 4) is 11.5 Å². The van der Waals surface area contributed by atoms with Crippen molar-refractivity contribution in [3.05, 3.63) is 54.4 Å². The molecule has 1 amide bonds. The number of hydrogen-bond acceptors (Lipinski definition) is 4. The molecule has 0 saturated carbocycles. The molecule has 0 saturated heterocycles. The van der Waals surface area contributed by atoms with Crippen LogP contribution in [0.5, 0.6) is 11.5 Å². The molecular weight excluding hydrogens is 256 g/mol. The first-order valence-electron chi connectivity index (χ1n) is 6.02. The molecule has 20 heavy (non-hydrogen) atoms. The molecule has 5 heteroatoms. The maximum atomic E-state index is 12.5. The fourth-order valence-corrected chi connectivity index (χ4v) is 1.81. The number of benzene rings is 1. The van der Waals surface area contributed by atoms with Crippen molar-refractivity contribution >= 4 is 11.6 Å². The summed E-state index contributed by atoms with van der Waals surface area (Å²) in [6.45, 7) is 3.84. The fraction of sp³-hybridized carbons (Fsp3) is 0.133. The number of nitrogens with zero attached hydrogens (tertiary/aromatic N) is 1. The number of fused-ring (bicyclic) bond motifs is 1. The lowest BCUT2D eigenvalue weighted by molar-refractivity contribution is 0.0841. The fourth-order valence-electron chi connectivity index (χ4n) is 1.81. The van der Waals surface area contributed by atoms with E-state index in [9.17, 15) is 9.90 Å². The first-order valence-corrected chi connectivity index (χ1v) is 6.02. The van der Waals surface area contributed by atoms with E-state index in [0.29, 0.717) is 16.9 Å². The van der Waals surface area contributed by atoms with Gasteiger partial charge in [-0.3, -0.25) is 4.79 Å². The molecular formula is C15H16N2O3. The minimum atomic E-state index is -0.240. The van der Waals surface area contributed by atoms with Gasteiger partial charge >= 0.3 is 0 Å². The van der Waals surface area contributed by atoms with Crippen LogP contribution in [0.15, 0.2) is 48.8 Å². The molecule has 1 aliphatic rings. The number of methoxy groups -OCH3 is 1. The Hall–Kier alpha value is -2.69. The summed E-state index contributed by atoms with van der Waals surface area (Å²) < 4.78 is 5.05. The number of phenolic OH excluding ortho intramolecular Hbond substituents is 1. The van der Waals surface area contributed by atoms with Gasteiger partial charge in [-0.25, -0.2) is 0 Å². The van der Waals surface area contributed by atoms with Crippen molar-refractivity contribution < 1.29 is 14.6 Å². The van der Waals surface area contributed by atoms with Crippen LogP contribution in [0.25, 0.3) is 0 Å². The minimum Gasteiger partial charge on any atom is -0.504 e. The molecule has 5 nitrogen and oxygen atoms in total. The van der Waals surface area contributed by atoms with Crippen molar-refractivity contribution in [3.63, 3.8) is 0 Å². The first-order chi connectivity index (χ1) is 9.54. The average Bonchev–Trinajstić information content (AvgIpc) is 2.44. The van der Waals surface area contributed by atoms with Crippen LogP contribution in [-0.2, 0) is 0 Å². The molecule has 0 atom stereocenters. The monoisotopic (exact) mass is 272 g/mol. The summed E-state index contributed by atoms with van der Waals surface area (Å²) in [5.41, 5.74) is 1.46. The van der Waals surface area contributed by atoms with Gasteiger partial charge in [0.05, 0.1) is 18.4 Å². The molecule has 2 N–H and O–H groups in total. The predicted molar refractivity (Wildman–Crippen MR) is 77.8 cm³/mol. The van der Waals surface area contributed by atoms with Gasteiger partial charge in [-0.1, -0.05) is 12.7 Å². The van der Waals surface area contributed by atoms with Crippen LogP contribution < -0.4 is 10.1 Å². The number of hydrogen-bond donors (Lipinski definition) is 2. The molecule has 0 aromatic heterocycles. The van der Waals surface area contributed by atoms with E-state index >= 15 is 0 Å². The van der Waals surface area contributed by atoms with Gasteiger partial charge in [0.1, 0.15) is 0 Å². The van der Waals surface area contributed by atoms with Gasteiger partial charge in [0.2, 0.25) is 0 Å². The van der Waals surface area contributed by atoms with E-state index < -0.39 is 0 Å². The van der Waals surface area contributed by atoms with Crippen molar-refractivity contribution in [1.82, 2.24) is 4.90 Å². The van der Waals surface area contributed by atoms with Crippen LogP contribution in [0.2, 0.25) is 0 Å². The van der Waals surface area contributed by atoms with E-state index in [-0.39, 0.29) is 17.4 Å². The Morgan fingerprint density at radius 2 is 2.10 bits per heavy atom. The van der Waals surface area contributed by atoms with Gasteiger partial charge in [0.15, 0.2) is 11.5 Å². The van der Waals surface area contributed by atoms with E-state index in [4.69, 9.17) is 4.74 Å². The molecule has 1 aromatic carbocycles. The number of nitrogens with one attached hydrogen (secondary N) is 1. The summed E-state index contributed by atoms with van der Waals surface area (Å²) >= 11 is 0. The highest BCUT2D eigenvalue weighted by molar-refractivity contribution is 6.01. The molecule has 1 aliphatic heterocycles. The minimum absolute atomic E-state index is 0.0333. The molecule has 1 aromatic rings. The Kier molecular flexibility index (Phi) is 3.79. The smallest absolute Gasteiger partial charge is 0.260 e. The van der Waals surface area contributed by atoms with Gasteiger partial charge < -0.3 is 20.1 Å². The predicted octanol–water partition coefficient (Wildman–Crippen LogP) is 2.48. The highest BCUT2D eigenvalue weighted by Crippen LogP contribution is 2.33. The second kappa shape index (κ2) is 5.52. The Labute approximate surface area is 117 Å². The zero-order valence-electron chi connectivity index (χ0n) is 11.4. The molecule has 0 bridgehead atoms. The van der Waals surface area contributed by atoms with E-state index in [1.54, 1.807) is 31.5 Å². The number of ether oxygens (including phenoxy) is 1. The lowest BCUT2D eigenvalue weighted by atomic mass is 10.1. The number of aromatic hydroxyl groups is 1. The van der Waals surface area contributed by atoms with Gasteiger partial charge in [-0.2, -0.15) is 0 Å². The number of rotatable bonds is 1. The third-order valence-corrected chi connectivity index (χ3v) is 3.02. The maximum absolute atomic E-state index is 12.5. The topological polar surface area (TPSA) is 61.8 Å². The SMILES string of the molecule is C=C1/C=C\C=C/Nc2cc(O)c(OC)cc2C(=O)N1C. The molecule has 0 unspecified atom stereocenters. The number of allylic oxidation sites excluding steroid dienone is 3. The molecule has 0 fully saturated rings. The molecule has 0 radical (unpaired) electrons.